The highest BCUT2D eigenvalue weighted by atomic mass is 79.9. The Morgan fingerprint density at radius 1 is 1.55 bits per heavy atom. The zero-order valence-electron chi connectivity index (χ0n) is 10.2. The number of nitrogens with zero attached hydrogens (tertiary/aromatic N) is 2. The number of carboxylic acid groups (broad SMARTS) is 1. The number of halogens is 1. The third-order valence-electron chi connectivity index (χ3n) is 2.28. The van der Waals surface area contributed by atoms with Crippen molar-refractivity contribution in [1.82, 2.24) is 9.88 Å². The van der Waals surface area contributed by atoms with Crippen LogP contribution < -0.4 is 10.7 Å². The number of aromatic nitrogens is 1. The molecule has 2 N–H and O–H groups in total. The van der Waals surface area contributed by atoms with E-state index in [1.54, 1.807) is 0 Å². The van der Waals surface area contributed by atoms with Gasteiger partial charge >= 0.3 is 11.7 Å². The maximum atomic E-state index is 11.5. The molecule has 1 heterocycles. The van der Waals surface area contributed by atoms with E-state index in [4.69, 9.17) is 5.11 Å². The summed E-state index contributed by atoms with van der Waals surface area (Å²) >= 11 is 2.87. The molecule has 1 amide bonds. The molecule has 1 aromatic heterocycles. The largest absolute Gasteiger partial charge is 0.480 e. The van der Waals surface area contributed by atoms with Crippen LogP contribution in [0.25, 0.3) is 0 Å². The minimum Gasteiger partial charge on any atom is -0.480 e. The predicted molar refractivity (Wildman–Crippen MR) is 70.3 cm³/mol. The Kier molecular flexibility index (Phi) is 4.97. The average molecular weight is 348 g/mol. The summed E-state index contributed by atoms with van der Waals surface area (Å²) in [6, 6.07) is -1.26. The lowest BCUT2D eigenvalue weighted by molar-refractivity contribution is -0.386. The van der Waals surface area contributed by atoms with E-state index < -0.39 is 34.0 Å². The molecule has 1 aromatic rings. The number of aliphatic carboxylic acids is 1. The molecule has 0 saturated heterocycles. The minimum atomic E-state index is -1.29. The first-order valence-electron chi connectivity index (χ1n) is 5.26. The maximum absolute atomic E-state index is 11.5. The molecule has 1 unspecified atom stereocenters. The van der Waals surface area contributed by atoms with Crippen LogP contribution in [0.1, 0.15) is 6.92 Å². The Morgan fingerprint density at radius 3 is 2.60 bits per heavy atom. The molecule has 0 saturated carbocycles. The number of carboxylic acids is 1. The van der Waals surface area contributed by atoms with Crippen LogP contribution in [-0.4, -0.2) is 32.5 Å². The molecule has 0 spiro atoms. The fourth-order valence-corrected chi connectivity index (χ4v) is 1.92. The Labute approximate surface area is 120 Å². The van der Waals surface area contributed by atoms with Crippen LogP contribution in [0.2, 0.25) is 0 Å². The predicted octanol–water partition coefficient (Wildman–Crippen LogP) is 0.108. The number of hydrogen-bond donors (Lipinski definition) is 2. The molecule has 0 aliphatic heterocycles. The Morgan fingerprint density at radius 2 is 2.15 bits per heavy atom. The zero-order chi connectivity index (χ0) is 15.4. The Hall–Kier alpha value is -2.23. The lowest BCUT2D eigenvalue weighted by Crippen LogP contribution is -2.42. The van der Waals surface area contributed by atoms with E-state index >= 15 is 0 Å². The normalized spacial score (nSPS) is 11.7. The molecule has 1 rings (SSSR count). The second kappa shape index (κ2) is 6.28. The molecule has 0 bridgehead atoms. The van der Waals surface area contributed by atoms with Gasteiger partial charge in [-0.2, -0.15) is 0 Å². The number of nitro groups is 1. The van der Waals surface area contributed by atoms with Crippen molar-refractivity contribution in [3.63, 3.8) is 0 Å². The van der Waals surface area contributed by atoms with Crippen molar-refractivity contribution in [2.24, 2.45) is 0 Å². The first kappa shape index (κ1) is 15.8. The number of pyridine rings is 1. The number of nitrogens with one attached hydrogen (secondary N) is 1. The van der Waals surface area contributed by atoms with Gasteiger partial charge in [-0.3, -0.25) is 19.7 Å². The van der Waals surface area contributed by atoms with Crippen molar-refractivity contribution in [2.75, 3.05) is 0 Å². The van der Waals surface area contributed by atoms with Gasteiger partial charge in [0.1, 0.15) is 6.04 Å². The van der Waals surface area contributed by atoms with Crippen LogP contribution in [0.15, 0.2) is 21.7 Å². The maximum Gasteiger partial charge on any atom is 0.333 e. The van der Waals surface area contributed by atoms with E-state index in [1.165, 1.54) is 6.20 Å². The van der Waals surface area contributed by atoms with Gasteiger partial charge in [-0.25, -0.2) is 4.79 Å². The fraction of sp³-hybridized carbons (Fsp3) is 0.300. The third kappa shape index (κ3) is 3.88. The van der Waals surface area contributed by atoms with Crippen molar-refractivity contribution in [2.45, 2.75) is 19.5 Å². The molecule has 108 valence electrons. The van der Waals surface area contributed by atoms with Crippen molar-refractivity contribution >= 4 is 33.5 Å². The number of carbonyl (C=O) groups excluding carboxylic acids is 1. The SMILES string of the molecule is CC(=O)NC(Cn1cc(Br)c(=O)c([N+](=O)[O-])c1)C(=O)O. The van der Waals surface area contributed by atoms with Crippen LogP contribution in [0.5, 0.6) is 0 Å². The average Bonchev–Trinajstić information content (AvgIpc) is 2.31. The van der Waals surface area contributed by atoms with Crippen molar-refractivity contribution < 1.29 is 19.6 Å². The van der Waals surface area contributed by atoms with Gasteiger partial charge < -0.3 is 15.0 Å². The molecule has 0 aromatic carbocycles. The van der Waals surface area contributed by atoms with Gasteiger partial charge in [-0.05, 0) is 15.9 Å². The third-order valence-corrected chi connectivity index (χ3v) is 2.85. The fourth-order valence-electron chi connectivity index (χ4n) is 1.46. The van der Waals surface area contributed by atoms with Crippen molar-refractivity contribution in [3.05, 3.63) is 37.2 Å². The van der Waals surface area contributed by atoms with Crippen LogP contribution in [-0.2, 0) is 16.1 Å². The number of hydrogen-bond acceptors (Lipinski definition) is 5. The van der Waals surface area contributed by atoms with E-state index in [9.17, 15) is 24.5 Å². The molecular weight excluding hydrogens is 338 g/mol. The second-order valence-electron chi connectivity index (χ2n) is 3.87. The zero-order valence-corrected chi connectivity index (χ0v) is 11.8. The minimum absolute atomic E-state index is 0.0707. The highest BCUT2D eigenvalue weighted by molar-refractivity contribution is 9.10. The number of amides is 1. The summed E-state index contributed by atoms with van der Waals surface area (Å²) in [6.45, 7) is 0.897. The van der Waals surface area contributed by atoms with Crippen LogP contribution >= 0.6 is 15.9 Å². The summed E-state index contributed by atoms with van der Waals surface area (Å²) in [5, 5.41) is 21.8. The first-order chi connectivity index (χ1) is 9.22. The molecule has 20 heavy (non-hydrogen) atoms. The first-order valence-corrected chi connectivity index (χ1v) is 6.05. The summed E-state index contributed by atoms with van der Waals surface area (Å²) in [4.78, 5) is 43.2. The molecule has 0 radical (unpaired) electrons. The summed E-state index contributed by atoms with van der Waals surface area (Å²) in [7, 11) is 0. The van der Waals surface area contributed by atoms with Gasteiger partial charge in [0, 0.05) is 13.1 Å². The standard InChI is InChI=1S/C10H10BrN3O6/c1-5(15)12-7(10(17)18)3-13-2-6(11)9(16)8(4-13)14(19)20/h2,4,7H,3H2,1H3,(H,12,15)(H,17,18). The lowest BCUT2D eigenvalue weighted by Gasteiger charge is -2.15. The molecule has 10 heteroatoms. The topological polar surface area (TPSA) is 132 Å². The summed E-state index contributed by atoms with van der Waals surface area (Å²) in [5.41, 5.74) is -1.50. The summed E-state index contributed by atoms with van der Waals surface area (Å²) < 4.78 is 1.08. The van der Waals surface area contributed by atoms with Crippen molar-refractivity contribution in [1.29, 1.82) is 0 Å². The smallest absolute Gasteiger partial charge is 0.333 e. The van der Waals surface area contributed by atoms with Crippen LogP contribution in [0.3, 0.4) is 0 Å². The molecule has 1 atom stereocenters. The van der Waals surface area contributed by atoms with Gasteiger partial charge in [-0.15, -0.1) is 0 Å². The van der Waals surface area contributed by atoms with E-state index in [1.807, 2.05) is 0 Å². The molecule has 9 nitrogen and oxygen atoms in total. The van der Waals surface area contributed by atoms with E-state index in [-0.39, 0.29) is 11.0 Å². The van der Waals surface area contributed by atoms with Gasteiger partial charge in [0.05, 0.1) is 22.1 Å². The molecular formula is C10H10BrN3O6. The highest BCUT2D eigenvalue weighted by Crippen LogP contribution is 2.11. The van der Waals surface area contributed by atoms with E-state index in [0.717, 1.165) is 17.7 Å². The van der Waals surface area contributed by atoms with Gasteiger partial charge in [-0.1, -0.05) is 0 Å². The second-order valence-corrected chi connectivity index (χ2v) is 4.72. The molecule has 0 aliphatic carbocycles. The van der Waals surface area contributed by atoms with Crippen LogP contribution in [0, 0.1) is 10.1 Å². The van der Waals surface area contributed by atoms with E-state index in [2.05, 4.69) is 21.2 Å². The van der Waals surface area contributed by atoms with Gasteiger partial charge in [0.2, 0.25) is 5.91 Å². The van der Waals surface area contributed by atoms with Crippen LogP contribution in [0.4, 0.5) is 5.69 Å². The quantitative estimate of drug-likeness (QED) is 0.573. The summed E-state index contributed by atoms with van der Waals surface area (Å²) in [6.07, 6.45) is 2.14. The van der Waals surface area contributed by atoms with E-state index in [0.29, 0.717) is 0 Å². The number of rotatable bonds is 5. The Balaban J connectivity index is 3.14. The molecule has 0 fully saturated rings. The van der Waals surface area contributed by atoms with Crippen molar-refractivity contribution in [3.8, 4) is 0 Å². The Bertz CT molecular complexity index is 626. The monoisotopic (exact) mass is 347 g/mol. The molecule has 0 aliphatic rings. The summed E-state index contributed by atoms with van der Waals surface area (Å²) in [5.74, 6) is -1.84. The number of carbonyl (C=O) groups is 2. The van der Waals surface area contributed by atoms with Gasteiger partial charge in [0.25, 0.3) is 5.43 Å². The highest BCUT2D eigenvalue weighted by Gasteiger charge is 2.21. The lowest BCUT2D eigenvalue weighted by atomic mass is 10.2. The van der Waals surface area contributed by atoms with Gasteiger partial charge in [0.15, 0.2) is 0 Å².